The zero-order valence-corrected chi connectivity index (χ0v) is 15.8. The molecule has 2 fully saturated rings. The van der Waals surface area contributed by atoms with Gasteiger partial charge in [0.2, 0.25) is 11.8 Å². The fourth-order valence-corrected chi connectivity index (χ4v) is 3.67. The number of carbonyl (C=O) groups is 2. The van der Waals surface area contributed by atoms with Gasteiger partial charge < -0.3 is 14.5 Å². The number of ether oxygens (including phenoxy) is 1. The first-order valence-electron chi connectivity index (χ1n) is 9.48. The minimum absolute atomic E-state index is 0.0949. The molecule has 0 atom stereocenters. The summed E-state index contributed by atoms with van der Waals surface area (Å²) in [7, 11) is 0. The van der Waals surface area contributed by atoms with Crippen LogP contribution in [0, 0.1) is 17.3 Å². The maximum Gasteiger partial charge on any atom is 0.227 e. The number of carbonyl (C=O) groups excluding carboxylic acids is 2. The van der Waals surface area contributed by atoms with Crippen molar-refractivity contribution < 1.29 is 14.3 Å². The van der Waals surface area contributed by atoms with Gasteiger partial charge in [-0.1, -0.05) is 20.8 Å². The summed E-state index contributed by atoms with van der Waals surface area (Å²) in [6, 6.07) is 0. The van der Waals surface area contributed by atoms with E-state index in [0.717, 1.165) is 52.0 Å². The van der Waals surface area contributed by atoms with Crippen LogP contribution in [0.4, 0.5) is 0 Å². The van der Waals surface area contributed by atoms with E-state index in [0.29, 0.717) is 24.9 Å². The lowest BCUT2D eigenvalue weighted by molar-refractivity contribution is -0.145. The fourth-order valence-electron chi connectivity index (χ4n) is 3.67. The second-order valence-electron chi connectivity index (χ2n) is 8.24. The predicted molar refractivity (Wildman–Crippen MR) is 94.6 cm³/mol. The molecule has 2 heterocycles. The molecule has 24 heavy (non-hydrogen) atoms. The first-order chi connectivity index (χ1) is 11.3. The number of nitrogens with zero attached hydrogens (tertiary/aromatic N) is 2. The summed E-state index contributed by atoms with van der Waals surface area (Å²) < 4.78 is 5.51. The van der Waals surface area contributed by atoms with Crippen LogP contribution in [0.15, 0.2) is 0 Å². The Morgan fingerprint density at radius 1 is 0.958 bits per heavy atom. The van der Waals surface area contributed by atoms with Crippen molar-refractivity contribution >= 4 is 11.8 Å². The summed E-state index contributed by atoms with van der Waals surface area (Å²) in [5.74, 6) is 1.19. The minimum atomic E-state index is -0.334. The highest BCUT2D eigenvalue weighted by molar-refractivity contribution is 5.82. The molecular formula is C19H34N2O3. The highest BCUT2D eigenvalue weighted by atomic mass is 16.5. The van der Waals surface area contributed by atoms with E-state index >= 15 is 0 Å². The number of piperidine rings is 2. The van der Waals surface area contributed by atoms with Gasteiger partial charge in [-0.05, 0) is 38.5 Å². The molecule has 2 rings (SSSR count). The molecule has 0 aromatic heterocycles. The van der Waals surface area contributed by atoms with E-state index in [1.54, 1.807) is 0 Å². The zero-order chi connectivity index (χ0) is 17.7. The standard InChI is InChI=1S/C19H34N2O3/c1-5-24-14-15-6-10-20(11-7-15)17(22)16-8-12-21(13-9-16)18(23)19(2,3)4/h15-16H,5-14H2,1-4H3. The van der Waals surface area contributed by atoms with Gasteiger partial charge in [0.05, 0.1) is 0 Å². The van der Waals surface area contributed by atoms with Crippen molar-refractivity contribution in [3.63, 3.8) is 0 Å². The third-order valence-electron chi connectivity index (χ3n) is 5.26. The van der Waals surface area contributed by atoms with Gasteiger partial charge in [-0.15, -0.1) is 0 Å². The number of hydrogen-bond donors (Lipinski definition) is 0. The summed E-state index contributed by atoms with van der Waals surface area (Å²) in [5.41, 5.74) is -0.334. The van der Waals surface area contributed by atoms with Crippen molar-refractivity contribution in [1.29, 1.82) is 0 Å². The summed E-state index contributed by atoms with van der Waals surface area (Å²) >= 11 is 0. The molecule has 0 radical (unpaired) electrons. The molecule has 2 amide bonds. The summed E-state index contributed by atoms with van der Waals surface area (Å²) in [6.07, 6.45) is 3.71. The van der Waals surface area contributed by atoms with E-state index in [1.165, 1.54) is 0 Å². The Balaban J connectivity index is 1.76. The van der Waals surface area contributed by atoms with Crippen LogP contribution in [-0.2, 0) is 14.3 Å². The number of rotatable bonds is 4. The van der Waals surface area contributed by atoms with Crippen LogP contribution in [0.2, 0.25) is 0 Å². The molecule has 0 unspecified atom stereocenters. The van der Waals surface area contributed by atoms with Gasteiger partial charge in [-0.3, -0.25) is 9.59 Å². The lowest BCUT2D eigenvalue weighted by atomic mass is 9.89. The summed E-state index contributed by atoms with van der Waals surface area (Å²) in [5, 5.41) is 0. The Labute approximate surface area is 146 Å². The molecule has 2 aliphatic rings. The molecule has 5 heteroatoms. The van der Waals surface area contributed by atoms with E-state index in [-0.39, 0.29) is 17.2 Å². The normalized spacial score (nSPS) is 21.2. The first-order valence-corrected chi connectivity index (χ1v) is 9.48. The Kier molecular flexibility index (Phi) is 6.67. The maximum atomic E-state index is 12.7. The molecule has 2 saturated heterocycles. The Bertz CT molecular complexity index is 428. The highest BCUT2D eigenvalue weighted by Crippen LogP contribution is 2.26. The van der Waals surface area contributed by atoms with Gasteiger partial charge in [-0.2, -0.15) is 0 Å². The summed E-state index contributed by atoms with van der Waals surface area (Å²) in [4.78, 5) is 29.0. The second-order valence-corrected chi connectivity index (χ2v) is 8.24. The van der Waals surface area contributed by atoms with Gasteiger partial charge in [0.1, 0.15) is 0 Å². The number of likely N-dealkylation sites (tertiary alicyclic amines) is 2. The van der Waals surface area contributed by atoms with Crippen LogP contribution in [0.1, 0.15) is 53.4 Å². The molecular weight excluding hydrogens is 304 g/mol. The third kappa shape index (κ3) is 4.95. The lowest BCUT2D eigenvalue weighted by Crippen LogP contribution is -2.48. The van der Waals surface area contributed by atoms with Crippen LogP contribution in [-0.4, -0.2) is 61.0 Å². The van der Waals surface area contributed by atoms with Gasteiger partial charge >= 0.3 is 0 Å². The van der Waals surface area contributed by atoms with Crippen molar-refractivity contribution in [3.05, 3.63) is 0 Å². The van der Waals surface area contributed by atoms with Crippen molar-refractivity contribution in [2.24, 2.45) is 17.3 Å². The maximum absolute atomic E-state index is 12.7. The minimum Gasteiger partial charge on any atom is -0.381 e. The average Bonchev–Trinajstić information content (AvgIpc) is 2.58. The van der Waals surface area contributed by atoms with Crippen LogP contribution in [0.3, 0.4) is 0 Å². The van der Waals surface area contributed by atoms with E-state index in [2.05, 4.69) is 0 Å². The molecule has 138 valence electrons. The van der Waals surface area contributed by atoms with Gasteiger partial charge in [0.15, 0.2) is 0 Å². The molecule has 0 saturated carbocycles. The van der Waals surface area contributed by atoms with E-state index in [4.69, 9.17) is 4.74 Å². The molecule has 0 spiro atoms. The van der Waals surface area contributed by atoms with Crippen LogP contribution in [0.25, 0.3) is 0 Å². The molecule has 0 aromatic rings. The van der Waals surface area contributed by atoms with Gasteiger partial charge in [-0.25, -0.2) is 0 Å². The van der Waals surface area contributed by atoms with E-state index < -0.39 is 0 Å². The Morgan fingerprint density at radius 3 is 2.00 bits per heavy atom. The fraction of sp³-hybridized carbons (Fsp3) is 0.895. The quantitative estimate of drug-likeness (QED) is 0.791. The Hall–Kier alpha value is -1.10. The SMILES string of the molecule is CCOCC1CCN(C(=O)C2CCN(C(=O)C(C)(C)C)CC2)CC1. The largest absolute Gasteiger partial charge is 0.381 e. The molecule has 2 aliphatic heterocycles. The van der Waals surface area contributed by atoms with Crippen molar-refractivity contribution in [1.82, 2.24) is 9.80 Å². The monoisotopic (exact) mass is 338 g/mol. The van der Waals surface area contributed by atoms with Gasteiger partial charge in [0, 0.05) is 50.7 Å². The average molecular weight is 338 g/mol. The number of amides is 2. The van der Waals surface area contributed by atoms with E-state index in [9.17, 15) is 9.59 Å². The molecule has 0 N–H and O–H groups in total. The van der Waals surface area contributed by atoms with Crippen LogP contribution < -0.4 is 0 Å². The topological polar surface area (TPSA) is 49.9 Å². The Morgan fingerprint density at radius 2 is 1.50 bits per heavy atom. The van der Waals surface area contributed by atoms with Crippen LogP contribution >= 0.6 is 0 Å². The third-order valence-corrected chi connectivity index (χ3v) is 5.26. The molecule has 0 bridgehead atoms. The predicted octanol–water partition coefficient (Wildman–Crippen LogP) is 2.55. The zero-order valence-electron chi connectivity index (χ0n) is 15.8. The van der Waals surface area contributed by atoms with E-state index in [1.807, 2.05) is 37.5 Å². The van der Waals surface area contributed by atoms with Gasteiger partial charge in [0.25, 0.3) is 0 Å². The van der Waals surface area contributed by atoms with Crippen molar-refractivity contribution in [3.8, 4) is 0 Å². The van der Waals surface area contributed by atoms with Crippen LogP contribution in [0.5, 0.6) is 0 Å². The second kappa shape index (κ2) is 8.32. The summed E-state index contributed by atoms with van der Waals surface area (Å²) in [6.45, 7) is 12.6. The first kappa shape index (κ1) is 19.2. The van der Waals surface area contributed by atoms with Crippen molar-refractivity contribution in [2.45, 2.75) is 53.4 Å². The molecule has 0 aliphatic carbocycles. The molecule has 0 aromatic carbocycles. The number of hydrogen-bond acceptors (Lipinski definition) is 3. The highest BCUT2D eigenvalue weighted by Gasteiger charge is 2.34. The van der Waals surface area contributed by atoms with Crippen molar-refractivity contribution in [2.75, 3.05) is 39.4 Å². The smallest absolute Gasteiger partial charge is 0.227 e. The molecule has 5 nitrogen and oxygen atoms in total. The lowest BCUT2D eigenvalue weighted by Gasteiger charge is -2.38.